The zero-order valence-corrected chi connectivity index (χ0v) is 12.5. The van der Waals surface area contributed by atoms with Gasteiger partial charge in [-0.05, 0) is 20.3 Å². The van der Waals surface area contributed by atoms with Crippen LogP contribution >= 0.6 is 11.3 Å². The van der Waals surface area contributed by atoms with Crippen molar-refractivity contribution >= 4 is 17.2 Å². The molecule has 0 spiro atoms. The van der Waals surface area contributed by atoms with Crippen LogP contribution in [0.5, 0.6) is 0 Å². The molecular weight excluding hydrogens is 272 g/mol. The van der Waals surface area contributed by atoms with Crippen molar-refractivity contribution < 1.29 is 4.79 Å². The fourth-order valence-corrected chi connectivity index (χ4v) is 3.25. The standard InChI is InChI=1S/C14H18N4OS/c1-9-6-18-7-11(3-4-13(18)15-9)17-14(19)5-12-8-20-10(2)16-12/h6,8,11H,3-5,7H2,1-2H3,(H,17,19)/t11-/m0/s1. The third-order valence-electron chi connectivity index (χ3n) is 3.49. The van der Waals surface area contributed by atoms with Crippen LogP contribution in [0.25, 0.3) is 0 Å². The van der Waals surface area contributed by atoms with Gasteiger partial charge in [-0.15, -0.1) is 11.3 Å². The summed E-state index contributed by atoms with van der Waals surface area (Å²) >= 11 is 1.58. The lowest BCUT2D eigenvalue weighted by Crippen LogP contribution is -2.41. The Hall–Kier alpha value is -1.69. The molecule has 0 saturated carbocycles. The van der Waals surface area contributed by atoms with E-state index in [-0.39, 0.29) is 11.9 Å². The average Bonchev–Trinajstić information content (AvgIpc) is 2.93. The Labute approximate surface area is 122 Å². The van der Waals surface area contributed by atoms with Crippen LogP contribution in [0.3, 0.4) is 0 Å². The first-order chi connectivity index (χ1) is 9.60. The highest BCUT2D eigenvalue weighted by Gasteiger charge is 2.21. The van der Waals surface area contributed by atoms with E-state index >= 15 is 0 Å². The third-order valence-corrected chi connectivity index (χ3v) is 4.31. The lowest BCUT2D eigenvalue weighted by molar-refractivity contribution is -0.121. The van der Waals surface area contributed by atoms with Gasteiger partial charge < -0.3 is 9.88 Å². The Morgan fingerprint density at radius 1 is 1.50 bits per heavy atom. The number of amides is 1. The minimum atomic E-state index is 0.0561. The van der Waals surface area contributed by atoms with E-state index in [4.69, 9.17) is 0 Å². The van der Waals surface area contributed by atoms with Gasteiger partial charge in [-0.3, -0.25) is 4.79 Å². The van der Waals surface area contributed by atoms with Gasteiger partial charge in [-0.2, -0.15) is 0 Å². The van der Waals surface area contributed by atoms with E-state index in [1.54, 1.807) is 11.3 Å². The van der Waals surface area contributed by atoms with Gasteiger partial charge in [-0.1, -0.05) is 0 Å². The number of fused-ring (bicyclic) bond motifs is 1. The Morgan fingerprint density at radius 2 is 2.35 bits per heavy atom. The van der Waals surface area contributed by atoms with E-state index < -0.39 is 0 Å². The van der Waals surface area contributed by atoms with Crippen molar-refractivity contribution in [1.29, 1.82) is 0 Å². The van der Waals surface area contributed by atoms with Crippen LogP contribution in [0.15, 0.2) is 11.6 Å². The Bertz CT molecular complexity index is 631. The van der Waals surface area contributed by atoms with Crippen LogP contribution in [0.1, 0.15) is 28.6 Å². The van der Waals surface area contributed by atoms with E-state index in [2.05, 4.69) is 26.0 Å². The van der Waals surface area contributed by atoms with E-state index in [1.807, 2.05) is 19.2 Å². The quantitative estimate of drug-likeness (QED) is 0.934. The fraction of sp³-hybridized carbons (Fsp3) is 0.500. The number of aromatic nitrogens is 3. The monoisotopic (exact) mass is 290 g/mol. The summed E-state index contributed by atoms with van der Waals surface area (Å²) in [4.78, 5) is 20.8. The summed E-state index contributed by atoms with van der Waals surface area (Å²) in [5, 5.41) is 6.06. The van der Waals surface area contributed by atoms with Crippen molar-refractivity contribution in [1.82, 2.24) is 19.9 Å². The van der Waals surface area contributed by atoms with E-state index in [0.717, 1.165) is 41.6 Å². The molecular formula is C14H18N4OS. The number of hydrogen-bond acceptors (Lipinski definition) is 4. The molecule has 3 heterocycles. The topological polar surface area (TPSA) is 59.8 Å². The van der Waals surface area contributed by atoms with Crippen LogP contribution in [-0.2, 0) is 24.2 Å². The van der Waals surface area contributed by atoms with Crippen molar-refractivity contribution in [3.05, 3.63) is 33.8 Å². The first kappa shape index (κ1) is 13.3. The van der Waals surface area contributed by atoms with Gasteiger partial charge in [0.1, 0.15) is 5.82 Å². The van der Waals surface area contributed by atoms with Crippen LogP contribution in [0.4, 0.5) is 0 Å². The van der Waals surface area contributed by atoms with Crippen molar-refractivity contribution in [3.8, 4) is 0 Å². The molecule has 1 aliphatic heterocycles. The van der Waals surface area contributed by atoms with Crippen molar-refractivity contribution in [2.45, 2.75) is 45.7 Å². The van der Waals surface area contributed by atoms with Gasteiger partial charge >= 0.3 is 0 Å². The molecule has 2 aromatic rings. The number of hydrogen-bond donors (Lipinski definition) is 1. The second-order valence-electron chi connectivity index (χ2n) is 5.29. The highest BCUT2D eigenvalue weighted by Crippen LogP contribution is 2.15. The molecule has 1 aliphatic rings. The van der Waals surface area contributed by atoms with Gasteiger partial charge in [-0.25, -0.2) is 9.97 Å². The molecule has 0 bridgehead atoms. The molecule has 1 amide bonds. The number of thiazole rings is 1. The first-order valence-corrected chi connectivity index (χ1v) is 7.71. The Balaban J connectivity index is 1.57. The normalized spacial score (nSPS) is 17.8. The van der Waals surface area contributed by atoms with E-state index in [1.165, 1.54) is 0 Å². The minimum absolute atomic E-state index is 0.0561. The predicted octanol–water partition coefficient (Wildman–Crippen LogP) is 1.63. The molecule has 0 aromatic carbocycles. The number of aryl methyl sites for hydroxylation is 3. The molecule has 3 rings (SSSR count). The molecule has 5 nitrogen and oxygen atoms in total. The maximum atomic E-state index is 12.0. The van der Waals surface area contributed by atoms with E-state index in [0.29, 0.717) is 6.42 Å². The molecule has 20 heavy (non-hydrogen) atoms. The lowest BCUT2D eigenvalue weighted by Gasteiger charge is -2.24. The van der Waals surface area contributed by atoms with Crippen LogP contribution in [-0.4, -0.2) is 26.5 Å². The summed E-state index contributed by atoms with van der Waals surface area (Å²) in [5.41, 5.74) is 1.91. The third kappa shape index (κ3) is 2.90. The number of nitrogens with zero attached hydrogens (tertiary/aromatic N) is 3. The molecule has 2 aromatic heterocycles. The van der Waals surface area contributed by atoms with Crippen molar-refractivity contribution in [2.24, 2.45) is 0 Å². The largest absolute Gasteiger partial charge is 0.351 e. The van der Waals surface area contributed by atoms with Gasteiger partial charge in [0.15, 0.2) is 0 Å². The number of imidazole rings is 1. The second-order valence-corrected chi connectivity index (χ2v) is 6.35. The summed E-state index contributed by atoms with van der Waals surface area (Å²) in [6, 6.07) is 0.198. The molecule has 0 fully saturated rings. The molecule has 0 aliphatic carbocycles. The van der Waals surface area contributed by atoms with Crippen molar-refractivity contribution in [2.75, 3.05) is 0 Å². The number of rotatable bonds is 3. The zero-order chi connectivity index (χ0) is 14.1. The average molecular weight is 290 g/mol. The Morgan fingerprint density at radius 3 is 3.10 bits per heavy atom. The van der Waals surface area contributed by atoms with Crippen LogP contribution in [0.2, 0.25) is 0 Å². The SMILES string of the molecule is Cc1cn2c(n1)CC[C@H](NC(=O)Cc1csc(C)n1)C2. The van der Waals surface area contributed by atoms with Gasteiger partial charge in [0.2, 0.25) is 5.91 Å². The maximum Gasteiger partial charge on any atom is 0.226 e. The predicted molar refractivity (Wildman–Crippen MR) is 77.8 cm³/mol. The number of carbonyl (C=O) groups is 1. The first-order valence-electron chi connectivity index (χ1n) is 6.83. The Kier molecular flexibility index (Phi) is 3.56. The number of nitrogens with one attached hydrogen (secondary N) is 1. The van der Waals surface area contributed by atoms with E-state index in [9.17, 15) is 4.79 Å². The lowest BCUT2D eigenvalue weighted by atomic mass is 10.1. The second kappa shape index (κ2) is 5.36. The molecule has 0 saturated heterocycles. The molecule has 1 atom stereocenters. The van der Waals surface area contributed by atoms with Crippen molar-refractivity contribution in [3.63, 3.8) is 0 Å². The molecule has 0 unspecified atom stereocenters. The highest BCUT2D eigenvalue weighted by atomic mass is 32.1. The fourth-order valence-electron chi connectivity index (χ4n) is 2.64. The smallest absolute Gasteiger partial charge is 0.226 e. The van der Waals surface area contributed by atoms with Crippen LogP contribution in [0, 0.1) is 13.8 Å². The van der Waals surface area contributed by atoms with Gasteiger partial charge in [0.05, 0.1) is 22.8 Å². The summed E-state index contributed by atoms with van der Waals surface area (Å²) in [5.74, 6) is 1.18. The highest BCUT2D eigenvalue weighted by molar-refractivity contribution is 7.09. The molecule has 1 N–H and O–H groups in total. The zero-order valence-electron chi connectivity index (χ0n) is 11.7. The summed E-state index contributed by atoms with van der Waals surface area (Å²) < 4.78 is 2.15. The summed E-state index contributed by atoms with van der Waals surface area (Å²) in [7, 11) is 0. The molecule has 0 radical (unpaired) electrons. The van der Waals surface area contributed by atoms with Gasteiger partial charge in [0, 0.05) is 30.6 Å². The summed E-state index contributed by atoms with van der Waals surface area (Å²) in [6.07, 6.45) is 4.31. The molecule has 106 valence electrons. The number of carbonyl (C=O) groups excluding carboxylic acids is 1. The van der Waals surface area contributed by atoms with Crippen LogP contribution < -0.4 is 5.32 Å². The molecule has 6 heteroatoms. The maximum absolute atomic E-state index is 12.0. The minimum Gasteiger partial charge on any atom is -0.351 e. The summed E-state index contributed by atoms with van der Waals surface area (Å²) in [6.45, 7) is 4.78. The van der Waals surface area contributed by atoms with Gasteiger partial charge in [0.25, 0.3) is 0 Å².